The Hall–Kier alpha value is -0.0400. The number of methoxy groups -OCH3 is 1. The minimum atomic E-state index is 0.439. The van der Waals surface area contributed by atoms with E-state index in [1.165, 1.54) is 19.3 Å². The first kappa shape index (κ1) is 9.96. The second kappa shape index (κ2) is 5.72. The lowest BCUT2D eigenvalue weighted by Gasteiger charge is -2.12. The van der Waals surface area contributed by atoms with Gasteiger partial charge in [0.05, 0.1) is 6.10 Å². The van der Waals surface area contributed by atoms with Crippen LogP contribution in [0.25, 0.3) is 0 Å². The standard InChI is InChI=1S/C9H20O/c1-5-8(2)6-7-9(3)10-4/h8-9H,5-7H2,1-4H3/t8-,9-/m0/s1. The molecule has 0 aromatic rings. The van der Waals surface area contributed by atoms with Crippen LogP contribution in [0.4, 0.5) is 0 Å². The van der Waals surface area contributed by atoms with Gasteiger partial charge in [0.25, 0.3) is 0 Å². The number of hydrogen-bond acceptors (Lipinski definition) is 1. The molecular weight excluding hydrogens is 124 g/mol. The fourth-order valence-electron chi connectivity index (χ4n) is 0.841. The molecular formula is C9H20O. The van der Waals surface area contributed by atoms with Gasteiger partial charge in [0.15, 0.2) is 0 Å². The summed E-state index contributed by atoms with van der Waals surface area (Å²) < 4.78 is 5.15. The Morgan fingerprint density at radius 2 is 1.80 bits per heavy atom. The zero-order valence-electron chi connectivity index (χ0n) is 7.68. The van der Waals surface area contributed by atoms with E-state index in [1.807, 2.05) is 0 Å². The van der Waals surface area contributed by atoms with Gasteiger partial charge in [0.1, 0.15) is 0 Å². The van der Waals surface area contributed by atoms with Crippen molar-refractivity contribution in [2.75, 3.05) is 7.11 Å². The third-order valence-corrected chi connectivity index (χ3v) is 2.17. The van der Waals surface area contributed by atoms with Crippen LogP contribution in [0.1, 0.15) is 40.0 Å². The monoisotopic (exact) mass is 144 g/mol. The maximum absolute atomic E-state index is 5.15. The van der Waals surface area contributed by atoms with Gasteiger partial charge < -0.3 is 4.74 Å². The van der Waals surface area contributed by atoms with Crippen molar-refractivity contribution in [1.82, 2.24) is 0 Å². The molecule has 0 rings (SSSR count). The molecule has 0 fully saturated rings. The molecule has 0 aliphatic heterocycles. The quantitative estimate of drug-likeness (QED) is 0.576. The summed E-state index contributed by atoms with van der Waals surface area (Å²) in [4.78, 5) is 0. The SMILES string of the molecule is CC[C@H](C)CC[C@H](C)OC. The molecule has 0 radical (unpaired) electrons. The highest BCUT2D eigenvalue weighted by molar-refractivity contribution is 4.54. The molecule has 0 saturated carbocycles. The molecule has 1 nitrogen and oxygen atoms in total. The molecule has 0 aliphatic rings. The lowest BCUT2D eigenvalue weighted by Crippen LogP contribution is -2.06. The van der Waals surface area contributed by atoms with Crippen molar-refractivity contribution in [1.29, 1.82) is 0 Å². The van der Waals surface area contributed by atoms with Crippen LogP contribution in [0.2, 0.25) is 0 Å². The average molecular weight is 144 g/mol. The zero-order chi connectivity index (χ0) is 7.98. The Bertz CT molecular complexity index is 61.1. The maximum Gasteiger partial charge on any atom is 0.0543 e. The summed E-state index contributed by atoms with van der Waals surface area (Å²) in [7, 11) is 1.78. The smallest absolute Gasteiger partial charge is 0.0543 e. The third-order valence-electron chi connectivity index (χ3n) is 2.17. The molecule has 0 amide bonds. The van der Waals surface area contributed by atoms with E-state index in [4.69, 9.17) is 4.74 Å². The molecule has 10 heavy (non-hydrogen) atoms. The van der Waals surface area contributed by atoms with Gasteiger partial charge in [0.2, 0.25) is 0 Å². The summed E-state index contributed by atoms with van der Waals surface area (Å²) in [6.07, 6.45) is 4.22. The molecule has 2 atom stereocenters. The Morgan fingerprint density at radius 1 is 1.20 bits per heavy atom. The van der Waals surface area contributed by atoms with Crippen LogP contribution in [-0.2, 0) is 4.74 Å². The fourth-order valence-corrected chi connectivity index (χ4v) is 0.841. The van der Waals surface area contributed by atoms with E-state index in [2.05, 4.69) is 20.8 Å². The predicted octanol–water partition coefficient (Wildman–Crippen LogP) is 2.85. The predicted molar refractivity (Wildman–Crippen MR) is 45.2 cm³/mol. The highest BCUT2D eigenvalue weighted by Crippen LogP contribution is 2.11. The highest BCUT2D eigenvalue weighted by Gasteiger charge is 2.02. The summed E-state index contributed by atoms with van der Waals surface area (Å²) in [6, 6.07) is 0. The van der Waals surface area contributed by atoms with Crippen LogP contribution in [0.15, 0.2) is 0 Å². The first-order valence-corrected chi connectivity index (χ1v) is 4.23. The van der Waals surface area contributed by atoms with Gasteiger partial charge in [-0.25, -0.2) is 0 Å². The number of rotatable bonds is 5. The van der Waals surface area contributed by atoms with Crippen LogP contribution in [0, 0.1) is 5.92 Å². The Kier molecular flexibility index (Phi) is 5.70. The molecule has 0 aliphatic carbocycles. The third kappa shape index (κ3) is 4.80. The van der Waals surface area contributed by atoms with E-state index in [0.29, 0.717) is 6.10 Å². The Balaban J connectivity index is 3.17. The lowest BCUT2D eigenvalue weighted by molar-refractivity contribution is 0.105. The van der Waals surface area contributed by atoms with E-state index in [-0.39, 0.29) is 0 Å². The molecule has 62 valence electrons. The van der Waals surface area contributed by atoms with Crippen molar-refractivity contribution >= 4 is 0 Å². The first-order chi connectivity index (χ1) is 4.70. The Labute approximate surface area is 64.8 Å². The molecule has 0 spiro atoms. The van der Waals surface area contributed by atoms with Crippen molar-refractivity contribution in [3.05, 3.63) is 0 Å². The second-order valence-corrected chi connectivity index (χ2v) is 3.14. The molecule has 0 aromatic heterocycles. The number of ether oxygens (including phenoxy) is 1. The van der Waals surface area contributed by atoms with Gasteiger partial charge in [-0.15, -0.1) is 0 Å². The maximum atomic E-state index is 5.15. The van der Waals surface area contributed by atoms with E-state index < -0.39 is 0 Å². The molecule has 0 N–H and O–H groups in total. The van der Waals surface area contributed by atoms with Crippen molar-refractivity contribution in [3.8, 4) is 0 Å². The summed E-state index contributed by atoms with van der Waals surface area (Å²) in [5, 5.41) is 0. The van der Waals surface area contributed by atoms with Gasteiger partial charge >= 0.3 is 0 Å². The zero-order valence-corrected chi connectivity index (χ0v) is 7.68. The largest absolute Gasteiger partial charge is 0.382 e. The minimum absolute atomic E-state index is 0.439. The minimum Gasteiger partial charge on any atom is -0.382 e. The van der Waals surface area contributed by atoms with E-state index in [1.54, 1.807) is 7.11 Å². The second-order valence-electron chi connectivity index (χ2n) is 3.14. The topological polar surface area (TPSA) is 9.23 Å². The van der Waals surface area contributed by atoms with Crippen molar-refractivity contribution in [2.24, 2.45) is 5.92 Å². The highest BCUT2D eigenvalue weighted by atomic mass is 16.5. The summed E-state index contributed by atoms with van der Waals surface area (Å²) in [5.74, 6) is 0.859. The summed E-state index contributed by atoms with van der Waals surface area (Å²) in [5.41, 5.74) is 0. The van der Waals surface area contributed by atoms with E-state index in [9.17, 15) is 0 Å². The average Bonchev–Trinajstić information content (AvgIpc) is 1.99. The molecule has 1 heteroatoms. The normalized spacial score (nSPS) is 16.8. The molecule has 0 bridgehead atoms. The van der Waals surface area contributed by atoms with Crippen LogP contribution >= 0.6 is 0 Å². The van der Waals surface area contributed by atoms with Gasteiger partial charge in [-0.2, -0.15) is 0 Å². The van der Waals surface area contributed by atoms with Crippen LogP contribution in [-0.4, -0.2) is 13.2 Å². The van der Waals surface area contributed by atoms with Crippen molar-refractivity contribution < 1.29 is 4.74 Å². The van der Waals surface area contributed by atoms with Gasteiger partial charge in [0, 0.05) is 7.11 Å². The van der Waals surface area contributed by atoms with Crippen molar-refractivity contribution in [3.63, 3.8) is 0 Å². The summed E-state index contributed by atoms with van der Waals surface area (Å²) >= 11 is 0. The van der Waals surface area contributed by atoms with E-state index in [0.717, 1.165) is 5.92 Å². The van der Waals surface area contributed by atoms with Crippen LogP contribution in [0.3, 0.4) is 0 Å². The van der Waals surface area contributed by atoms with Gasteiger partial charge in [-0.1, -0.05) is 20.3 Å². The summed E-state index contributed by atoms with van der Waals surface area (Å²) in [6.45, 7) is 6.66. The van der Waals surface area contributed by atoms with E-state index >= 15 is 0 Å². The van der Waals surface area contributed by atoms with Crippen LogP contribution < -0.4 is 0 Å². The van der Waals surface area contributed by atoms with Crippen molar-refractivity contribution in [2.45, 2.75) is 46.1 Å². The number of hydrogen-bond donors (Lipinski definition) is 0. The van der Waals surface area contributed by atoms with Gasteiger partial charge in [-0.3, -0.25) is 0 Å². The molecule has 0 aromatic carbocycles. The first-order valence-electron chi connectivity index (χ1n) is 4.23. The van der Waals surface area contributed by atoms with Crippen LogP contribution in [0.5, 0.6) is 0 Å². The fraction of sp³-hybridized carbons (Fsp3) is 1.00. The molecule has 0 unspecified atom stereocenters. The molecule has 0 saturated heterocycles. The Morgan fingerprint density at radius 3 is 2.20 bits per heavy atom. The lowest BCUT2D eigenvalue weighted by atomic mass is 10.0. The van der Waals surface area contributed by atoms with Gasteiger partial charge in [-0.05, 0) is 25.7 Å². The molecule has 0 heterocycles.